The van der Waals surface area contributed by atoms with Gasteiger partial charge >= 0.3 is 7.60 Å². The first-order chi connectivity index (χ1) is 19.9. The first-order valence-electron chi connectivity index (χ1n) is 13.2. The third-order valence-electron chi connectivity index (χ3n) is 6.01. The molecule has 1 heterocycles. The van der Waals surface area contributed by atoms with Gasteiger partial charge in [-0.25, -0.2) is 0 Å². The molecule has 0 spiro atoms. The molecule has 0 aliphatic carbocycles. The van der Waals surface area contributed by atoms with Gasteiger partial charge in [-0.1, -0.05) is 41.9 Å². The zero-order valence-electron chi connectivity index (χ0n) is 22.8. The van der Waals surface area contributed by atoms with Crippen molar-refractivity contribution in [2.24, 2.45) is 0 Å². The fraction of sp³-hybridized carbons (Fsp3) is 0.241. The maximum atomic E-state index is 13.1. The number of amides is 1. The van der Waals surface area contributed by atoms with Crippen LogP contribution < -0.4 is 15.9 Å². The van der Waals surface area contributed by atoms with E-state index in [2.05, 4.69) is 26.2 Å². The van der Waals surface area contributed by atoms with Crippen LogP contribution in [0.15, 0.2) is 85.2 Å². The van der Waals surface area contributed by atoms with Gasteiger partial charge in [0.2, 0.25) is 5.91 Å². The third kappa shape index (κ3) is 8.58. The lowest BCUT2D eigenvalue weighted by Crippen LogP contribution is -2.40. The van der Waals surface area contributed by atoms with E-state index in [-0.39, 0.29) is 25.2 Å². The minimum Gasteiger partial charge on any atom is -0.383 e. The molecule has 1 atom stereocenters. The van der Waals surface area contributed by atoms with Crippen LogP contribution in [0.1, 0.15) is 25.0 Å². The Morgan fingerprint density at radius 3 is 2.44 bits per heavy atom. The highest BCUT2D eigenvalue weighted by molar-refractivity contribution is 7.62. The van der Waals surface area contributed by atoms with Gasteiger partial charge in [0.25, 0.3) is 0 Å². The summed E-state index contributed by atoms with van der Waals surface area (Å²) >= 11 is 6.20. The lowest BCUT2D eigenvalue weighted by molar-refractivity contribution is -0.117. The SMILES string of the molecule is CCOP(=O)(OCC)c1ccc(NC[C@H](Cc2ccccc2)NC(=O)/C=C/c2cc(Cl)ccc2-n2cnnn2)cc1. The molecule has 0 aliphatic rings. The summed E-state index contributed by atoms with van der Waals surface area (Å²) in [6.45, 7) is 4.57. The predicted molar refractivity (Wildman–Crippen MR) is 161 cm³/mol. The van der Waals surface area contributed by atoms with Crippen LogP contribution in [0, 0.1) is 0 Å². The minimum absolute atomic E-state index is 0.231. The largest absolute Gasteiger partial charge is 0.383 e. The van der Waals surface area contributed by atoms with Crippen LogP contribution in [0.4, 0.5) is 5.69 Å². The van der Waals surface area contributed by atoms with E-state index in [0.717, 1.165) is 11.3 Å². The van der Waals surface area contributed by atoms with Gasteiger partial charge in [-0.2, -0.15) is 4.68 Å². The van der Waals surface area contributed by atoms with Crippen LogP contribution in [0.2, 0.25) is 5.02 Å². The molecule has 214 valence electrons. The molecule has 0 saturated heterocycles. The van der Waals surface area contributed by atoms with Gasteiger partial charge in [0.15, 0.2) is 0 Å². The first kappa shape index (κ1) is 30.1. The lowest BCUT2D eigenvalue weighted by Gasteiger charge is -2.20. The summed E-state index contributed by atoms with van der Waals surface area (Å²) in [5.41, 5.74) is 3.27. The molecule has 4 rings (SSSR count). The van der Waals surface area contributed by atoms with Gasteiger partial charge in [0.1, 0.15) is 6.33 Å². The van der Waals surface area contributed by atoms with E-state index in [1.54, 1.807) is 50.3 Å². The van der Waals surface area contributed by atoms with Gasteiger partial charge in [0, 0.05) is 28.9 Å². The number of nitrogens with one attached hydrogen (secondary N) is 2. The van der Waals surface area contributed by atoms with Crippen molar-refractivity contribution < 1.29 is 18.4 Å². The highest BCUT2D eigenvalue weighted by Crippen LogP contribution is 2.46. The Kier molecular flexibility index (Phi) is 10.8. The highest BCUT2D eigenvalue weighted by Gasteiger charge is 2.26. The van der Waals surface area contributed by atoms with Gasteiger partial charge in [-0.05, 0) is 84.8 Å². The predicted octanol–water partition coefficient (Wildman–Crippen LogP) is 5.06. The van der Waals surface area contributed by atoms with E-state index < -0.39 is 7.60 Å². The van der Waals surface area contributed by atoms with Gasteiger partial charge < -0.3 is 19.7 Å². The number of nitrogens with zero attached hydrogens (tertiary/aromatic N) is 4. The Balaban J connectivity index is 1.46. The Morgan fingerprint density at radius 2 is 1.78 bits per heavy atom. The molecule has 0 bridgehead atoms. The Labute approximate surface area is 244 Å². The van der Waals surface area contributed by atoms with Crippen molar-refractivity contribution in [3.05, 3.63) is 101 Å². The molecule has 12 heteroatoms. The number of hydrogen-bond donors (Lipinski definition) is 2. The summed E-state index contributed by atoms with van der Waals surface area (Å²) in [6, 6.07) is 22.1. The first-order valence-corrected chi connectivity index (χ1v) is 15.1. The van der Waals surface area contributed by atoms with Crippen molar-refractivity contribution in [3.63, 3.8) is 0 Å². The van der Waals surface area contributed by atoms with Gasteiger partial charge in [-0.15, -0.1) is 5.10 Å². The molecule has 0 radical (unpaired) electrons. The van der Waals surface area contributed by atoms with E-state index >= 15 is 0 Å². The van der Waals surface area contributed by atoms with E-state index in [4.69, 9.17) is 20.6 Å². The molecule has 0 aliphatic heterocycles. The molecule has 0 unspecified atom stereocenters. The quantitative estimate of drug-likeness (QED) is 0.154. The highest BCUT2D eigenvalue weighted by atomic mass is 35.5. The van der Waals surface area contributed by atoms with Crippen molar-refractivity contribution in [1.29, 1.82) is 0 Å². The number of rotatable bonds is 14. The molecule has 10 nitrogen and oxygen atoms in total. The van der Waals surface area contributed by atoms with Crippen LogP contribution >= 0.6 is 19.2 Å². The zero-order chi connectivity index (χ0) is 29.1. The zero-order valence-corrected chi connectivity index (χ0v) is 24.5. The van der Waals surface area contributed by atoms with Crippen molar-refractivity contribution in [2.75, 3.05) is 25.1 Å². The van der Waals surface area contributed by atoms with Crippen LogP contribution in [0.5, 0.6) is 0 Å². The van der Waals surface area contributed by atoms with E-state index in [1.807, 2.05) is 42.5 Å². The molecule has 0 fully saturated rings. The van der Waals surface area contributed by atoms with Crippen LogP contribution in [-0.2, 0) is 24.8 Å². The molecule has 3 aromatic carbocycles. The summed E-state index contributed by atoms with van der Waals surface area (Å²) < 4.78 is 25.4. The molecule has 2 N–H and O–H groups in total. The number of aromatic nitrogens is 4. The Bertz CT molecular complexity index is 1470. The van der Waals surface area contributed by atoms with Crippen molar-refractivity contribution in [2.45, 2.75) is 26.3 Å². The normalized spacial score (nSPS) is 12.4. The molecule has 0 saturated carbocycles. The standard InChI is InChI=1S/C29H32ClN6O4P/c1-3-39-41(38,40-4-2)27-14-12-25(13-15-27)31-20-26(18-22-8-6-5-7-9-22)33-29(37)17-10-23-19-24(30)11-16-28(23)36-21-32-34-35-36/h5-17,19,21,26,31H,3-4,18,20H2,1-2H3,(H,33,37)/b17-10+/t26-/m0/s1. The second-order valence-corrected chi connectivity index (χ2v) is 11.4. The van der Waals surface area contributed by atoms with Crippen LogP contribution in [0.3, 0.4) is 0 Å². The monoisotopic (exact) mass is 594 g/mol. The van der Waals surface area contributed by atoms with Crippen LogP contribution in [0.25, 0.3) is 11.8 Å². The maximum Gasteiger partial charge on any atom is 0.361 e. The molecular formula is C29H32ClN6O4P. The minimum atomic E-state index is -3.36. The second kappa shape index (κ2) is 14.7. The number of tetrazole rings is 1. The number of hydrogen-bond acceptors (Lipinski definition) is 8. The summed E-state index contributed by atoms with van der Waals surface area (Å²) in [5.74, 6) is -0.264. The van der Waals surface area contributed by atoms with E-state index in [1.165, 1.54) is 17.1 Å². The third-order valence-corrected chi connectivity index (χ3v) is 8.37. The van der Waals surface area contributed by atoms with Gasteiger partial charge in [0.05, 0.1) is 30.2 Å². The number of halogens is 1. The number of anilines is 1. The van der Waals surface area contributed by atoms with Crippen molar-refractivity contribution in [3.8, 4) is 5.69 Å². The van der Waals surface area contributed by atoms with Crippen molar-refractivity contribution >= 4 is 42.2 Å². The molecule has 1 amide bonds. The Morgan fingerprint density at radius 1 is 1.05 bits per heavy atom. The maximum absolute atomic E-state index is 13.1. The Hall–Kier alpha value is -3.82. The summed E-state index contributed by atoms with van der Waals surface area (Å²) in [4.78, 5) is 13.0. The molecule has 1 aromatic heterocycles. The average molecular weight is 595 g/mol. The lowest BCUT2D eigenvalue weighted by atomic mass is 10.1. The number of carbonyl (C=O) groups excluding carboxylic acids is 1. The summed E-state index contributed by atoms with van der Waals surface area (Å²) in [5, 5.41) is 18.8. The van der Waals surface area contributed by atoms with Crippen molar-refractivity contribution in [1.82, 2.24) is 25.5 Å². The second-order valence-electron chi connectivity index (χ2n) is 8.95. The van der Waals surface area contributed by atoms with Gasteiger partial charge in [-0.3, -0.25) is 9.36 Å². The molecular weight excluding hydrogens is 563 g/mol. The summed E-state index contributed by atoms with van der Waals surface area (Å²) in [7, 11) is -3.36. The van der Waals surface area contributed by atoms with E-state index in [9.17, 15) is 9.36 Å². The number of carbonyl (C=O) groups is 1. The topological polar surface area (TPSA) is 120 Å². The molecule has 41 heavy (non-hydrogen) atoms. The average Bonchev–Trinajstić information content (AvgIpc) is 3.51. The van der Waals surface area contributed by atoms with E-state index in [0.29, 0.717) is 34.5 Å². The smallest absolute Gasteiger partial charge is 0.361 e. The van der Waals surface area contributed by atoms with Crippen LogP contribution in [-0.4, -0.2) is 51.9 Å². The fourth-order valence-electron chi connectivity index (χ4n) is 4.16. The molecule has 4 aromatic rings. The number of benzene rings is 3. The summed E-state index contributed by atoms with van der Waals surface area (Å²) in [6.07, 6.45) is 5.23. The fourth-order valence-corrected chi connectivity index (χ4v) is 5.90.